The van der Waals surface area contributed by atoms with Crippen LogP contribution in [0.5, 0.6) is 11.5 Å². The molecule has 0 amide bonds. The highest BCUT2D eigenvalue weighted by Crippen LogP contribution is 2.33. The van der Waals surface area contributed by atoms with Gasteiger partial charge in [0.25, 0.3) is 5.78 Å². The molecule has 0 bridgehead atoms. The van der Waals surface area contributed by atoms with Crippen LogP contribution in [0.25, 0.3) is 28.3 Å². The van der Waals surface area contributed by atoms with Gasteiger partial charge in [0.05, 0.1) is 25.6 Å². The van der Waals surface area contributed by atoms with Gasteiger partial charge in [0.2, 0.25) is 0 Å². The van der Waals surface area contributed by atoms with Crippen LogP contribution in [-0.2, 0) is 0 Å². The fourth-order valence-corrected chi connectivity index (χ4v) is 3.05. The van der Waals surface area contributed by atoms with E-state index >= 15 is 0 Å². The fourth-order valence-electron chi connectivity index (χ4n) is 2.78. The molecule has 0 spiro atoms. The van der Waals surface area contributed by atoms with Gasteiger partial charge in [0, 0.05) is 15.6 Å². The number of hydrogen-bond acceptors (Lipinski definition) is 5. The number of halogens is 1. The zero-order valence-corrected chi connectivity index (χ0v) is 15.8. The molecule has 0 aliphatic rings. The van der Waals surface area contributed by atoms with Crippen LogP contribution in [0.4, 0.5) is 0 Å². The van der Waals surface area contributed by atoms with E-state index in [2.05, 4.69) is 31.0 Å². The van der Waals surface area contributed by atoms with Crippen LogP contribution in [0.3, 0.4) is 0 Å². The second-order valence-corrected chi connectivity index (χ2v) is 6.49. The van der Waals surface area contributed by atoms with Crippen molar-refractivity contribution in [3.63, 3.8) is 0 Å². The van der Waals surface area contributed by atoms with E-state index in [0.717, 1.165) is 27.0 Å². The summed E-state index contributed by atoms with van der Waals surface area (Å²) in [6.45, 7) is 0. The summed E-state index contributed by atoms with van der Waals surface area (Å²) in [6.07, 6.45) is 1.50. The van der Waals surface area contributed by atoms with Crippen molar-refractivity contribution in [2.24, 2.45) is 0 Å². The van der Waals surface area contributed by atoms with E-state index in [1.807, 2.05) is 48.5 Å². The first-order chi connectivity index (χ1) is 12.7. The molecular formula is C19H15BrN4O2. The average molecular weight is 411 g/mol. The van der Waals surface area contributed by atoms with Crippen LogP contribution >= 0.6 is 15.9 Å². The first kappa shape index (κ1) is 16.5. The summed E-state index contributed by atoms with van der Waals surface area (Å²) in [5.41, 5.74) is 3.62. The van der Waals surface area contributed by atoms with E-state index in [1.54, 1.807) is 18.7 Å². The normalized spacial score (nSPS) is 10.9. The van der Waals surface area contributed by atoms with E-state index in [9.17, 15) is 0 Å². The van der Waals surface area contributed by atoms with Crippen molar-refractivity contribution in [3.05, 3.63) is 59.3 Å². The molecule has 0 atom stereocenters. The van der Waals surface area contributed by atoms with Gasteiger partial charge < -0.3 is 9.47 Å². The summed E-state index contributed by atoms with van der Waals surface area (Å²) in [5.74, 6) is 1.86. The Balaban J connectivity index is 1.90. The molecule has 0 radical (unpaired) electrons. The molecule has 0 aliphatic carbocycles. The summed E-state index contributed by atoms with van der Waals surface area (Å²) in [5, 5.41) is 4.30. The lowest BCUT2D eigenvalue weighted by Crippen LogP contribution is -1.99. The maximum absolute atomic E-state index is 5.41. The van der Waals surface area contributed by atoms with Crippen LogP contribution in [0.15, 0.2) is 59.3 Å². The predicted molar refractivity (Wildman–Crippen MR) is 102 cm³/mol. The number of methoxy groups -OCH3 is 2. The molecule has 0 unspecified atom stereocenters. The Morgan fingerprint density at radius 2 is 1.62 bits per heavy atom. The lowest BCUT2D eigenvalue weighted by atomic mass is 10.1. The molecule has 26 heavy (non-hydrogen) atoms. The van der Waals surface area contributed by atoms with Crippen LogP contribution in [0, 0.1) is 0 Å². The molecule has 2 aromatic heterocycles. The van der Waals surface area contributed by atoms with Gasteiger partial charge in [-0.15, -0.1) is 0 Å². The highest BCUT2D eigenvalue weighted by atomic mass is 79.9. The number of rotatable bonds is 4. The number of ether oxygens (including phenoxy) is 2. The number of aromatic nitrogens is 4. The maximum Gasteiger partial charge on any atom is 0.253 e. The van der Waals surface area contributed by atoms with Crippen LogP contribution in [0.2, 0.25) is 0 Å². The Morgan fingerprint density at radius 3 is 2.35 bits per heavy atom. The Kier molecular flexibility index (Phi) is 4.30. The second-order valence-electron chi connectivity index (χ2n) is 5.58. The van der Waals surface area contributed by atoms with Crippen molar-refractivity contribution < 1.29 is 9.47 Å². The highest BCUT2D eigenvalue weighted by Gasteiger charge is 2.13. The number of nitrogens with zero attached hydrogens (tertiary/aromatic N) is 4. The Morgan fingerprint density at radius 1 is 0.885 bits per heavy atom. The van der Waals surface area contributed by atoms with E-state index in [-0.39, 0.29) is 0 Å². The zero-order chi connectivity index (χ0) is 18.1. The summed E-state index contributed by atoms with van der Waals surface area (Å²) >= 11 is 3.47. The highest BCUT2D eigenvalue weighted by molar-refractivity contribution is 9.10. The Bertz CT molecular complexity index is 1080. The van der Waals surface area contributed by atoms with Crippen LogP contribution in [0.1, 0.15) is 0 Å². The zero-order valence-electron chi connectivity index (χ0n) is 14.2. The predicted octanol–water partition coefficient (Wildman–Crippen LogP) is 4.24. The molecular weight excluding hydrogens is 396 g/mol. The monoisotopic (exact) mass is 410 g/mol. The van der Waals surface area contributed by atoms with Crippen molar-refractivity contribution >= 4 is 21.7 Å². The molecule has 0 aliphatic heterocycles. The first-order valence-corrected chi connectivity index (χ1v) is 8.68. The number of benzene rings is 2. The summed E-state index contributed by atoms with van der Waals surface area (Å²) in [6, 6.07) is 15.7. The molecule has 130 valence electrons. The van der Waals surface area contributed by atoms with Crippen molar-refractivity contribution in [3.8, 4) is 34.0 Å². The SMILES string of the molecule is COc1ccc(-c2cc(-c3ccc(Br)cc3)n3ncnc3n2)cc1OC. The molecule has 6 nitrogen and oxygen atoms in total. The summed E-state index contributed by atoms with van der Waals surface area (Å²) in [7, 11) is 3.23. The van der Waals surface area contributed by atoms with Gasteiger partial charge in [-0.25, -0.2) is 4.98 Å². The van der Waals surface area contributed by atoms with Crippen molar-refractivity contribution in [1.29, 1.82) is 0 Å². The first-order valence-electron chi connectivity index (χ1n) is 7.88. The van der Waals surface area contributed by atoms with Gasteiger partial charge >= 0.3 is 0 Å². The molecule has 4 rings (SSSR count). The third-order valence-corrected chi connectivity index (χ3v) is 4.60. The molecule has 7 heteroatoms. The fraction of sp³-hybridized carbons (Fsp3) is 0.105. The molecule has 2 heterocycles. The van der Waals surface area contributed by atoms with E-state index in [1.165, 1.54) is 6.33 Å². The van der Waals surface area contributed by atoms with E-state index in [0.29, 0.717) is 17.3 Å². The molecule has 2 aromatic carbocycles. The van der Waals surface area contributed by atoms with Gasteiger partial charge in [-0.3, -0.25) is 0 Å². The lowest BCUT2D eigenvalue weighted by molar-refractivity contribution is 0.355. The van der Waals surface area contributed by atoms with Gasteiger partial charge in [-0.1, -0.05) is 28.1 Å². The van der Waals surface area contributed by atoms with Crippen molar-refractivity contribution in [2.75, 3.05) is 14.2 Å². The van der Waals surface area contributed by atoms with Crippen molar-refractivity contribution in [1.82, 2.24) is 19.6 Å². The molecule has 0 saturated heterocycles. The van der Waals surface area contributed by atoms with Gasteiger partial charge in [0.1, 0.15) is 6.33 Å². The Labute approximate surface area is 158 Å². The minimum absolute atomic E-state index is 0.537. The smallest absolute Gasteiger partial charge is 0.253 e. The van der Waals surface area contributed by atoms with Crippen molar-refractivity contribution in [2.45, 2.75) is 0 Å². The topological polar surface area (TPSA) is 61.5 Å². The largest absolute Gasteiger partial charge is 0.493 e. The lowest BCUT2D eigenvalue weighted by Gasteiger charge is -2.11. The Hall–Kier alpha value is -2.93. The average Bonchev–Trinajstić information content (AvgIpc) is 3.16. The standard InChI is InChI=1S/C19H15BrN4O2/c1-25-17-8-5-13(9-18(17)26-2)15-10-16(12-3-6-14(20)7-4-12)24-19(23-15)21-11-22-24/h3-11H,1-2H3. The summed E-state index contributed by atoms with van der Waals surface area (Å²) in [4.78, 5) is 8.88. The van der Waals surface area contributed by atoms with Gasteiger partial charge in [0.15, 0.2) is 11.5 Å². The maximum atomic E-state index is 5.41. The van der Waals surface area contributed by atoms with Gasteiger partial charge in [-0.05, 0) is 36.4 Å². The van der Waals surface area contributed by atoms with Crippen LogP contribution in [-0.4, -0.2) is 33.8 Å². The second kappa shape index (κ2) is 6.76. The minimum atomic E-state index is 0.537. The molecule has 4 aromatic rings. The number of fused-ring (bicyclic) bond motifs is 1. The number of hydrogen-bond donors (Lipinski definition) is 0. The van der Waals surface area contributed by atoms with E-state index in [4.69, 9.17) is 9.47 Å². The summed E-state index contributed by atoms with van der Waals surface area (Å²) < 4.78 is 13.5. The third kappa shape index (κ3) is 2.90. The van der Waals surface area contributed by atoms with E-state index < -0.39 is 0 Å². The van der Waals surface area contributed by atoms with Crippen LogP contribution < -0.4 is 9.47 Å². The minimum Gasteiger partial charge on any atom is -0.493 e. The molecule has 0 saturated carbocycles. The van der Waals surface area contributed by atoms with Gasteiger partial charge in [-0.2, -0.15) is 14.6 Å². The molecule has 0 fully saturated rings. The quantitative estimate of drug-likeness (QED) is 0.503. The third-order valence-electron chi connectivity index (χ3n) is 4.07. The molecule has 0 N–H and O–H groups in total.